The van der Waals surface area contributed by atoms with Gasteiger partial charge in [0.1, 0.15) is 0 Å². The van der Waals surface area contributed by atoms with E-state index in [-0.39, 0.29) is 17.5 Å². The molecule has 8 heteroatoms. The summed E-state index contributed by atoms with van der Waals surface area (Å²) in [5, 5.41) is 10.6. The van der Waals surface area contributed by atoms with Gasteiger partial charge < -0.3 is 5.32 Å². The summed E-state index contributed by atoms with van der Waals surface area (Å²) in [6.07, 6.45) is 0.824. The third-order valence-corrected chi connectivity index (χ3v) is 6.13. The molecule has 3 rings (SSSR count). The number of carbonyl (C=O) groups excluding carboxylic acids is 2. The van der Waals surface area contributed by atoms with Crippen molar-refractivity contribution in [2.24, 2.45) is 0 Å². The van der Waals surface area contributed by atoms with Crippen LogP contribution in [-0.4, -0.2) is 26.9 Å². The molecule has 1 aromatic carbocycles. The van der Waals surface area contributed by atoms with Crippen molar-refractivity contribution < 1.29 is 9.59 Å². The number of amides is 2. The van der Waals surface area contributed by atoms with Gasteiger partial charge in [-0.1, -0.05) is 23.5 Å². The Kier molecular flexibility index (Phi) is 6.67. The van der Waals surface area contributed by atoms with Crippen molar-refractivity contribution in [3.8, 4) is 0 Å². The average molecular weight is 443 g/mol. The molecule has 2 heterocycles. The van der Waals surface area contributed by atoms with Crippen molar-refractivity contribution in [1.82, 2.24) is 14.9 Å². The fraction of sp³-hybridized carbons (Fsp3) is 0.364. The van der Waals surface area contributed by atoms with E-state index >= 15 is 0 Å². The van der Waals surface area contributed by atoms with Crippen LogP contribution in [0.3, 0.4) is 0 Å². The largest absolute Gasteiger partial charge is 0.349 e. The maximum Gasteiger partial charge on any atom is 0.280 e. The van der Waals surface area contributed by atoms with Crippen LogP contribution in [0, 0.1) is 6.92 Å². The number of rotatable bonds is 6. The molecule has 1 N–H and O–H groups in total. The minimum absolute atomic E-state index is 0.227. The molecular weight excluding hydrogens is 416 g/mol. The zero-order valence-electron chi connectivity index (χ0n) is 17.8. The lowest BCUT2D eigenvalue weighted by Crippen LogP contribution is -2.49. The van der Waals surface area contributed by atoms with E-state index < -0.39 is 11.6 Å². The van der Waals surface area contributed by atoms with Gasteiger partial charge in [0.05, 0.1) is 0 Å². The number of nitrogens with one attached hydrogen (secondary N) is 1. The summed E-state index contributed by atoms with van der Waals surface area (Å²) < 4.78 is 3.84. The monoisotopic (exact) mass is 442 g/mol. The third-order valence-electron chi connectivity index (χ3n) is 4.55. The molecule has 0 aliphatic heterocycles. The number of hydrogen-bond donors (Lipinski definition) is 1. The molecule has 158 valence electrons. The van der Waals surface area contributed by atoms with Gasteiger partial charge in [-0.2, -0.15) is 0 Å². The van der Waals surface area contributed by atoms with Crippen LogP contribution in [0.4, 0.5) is 5.69 Å². The van der Waals surface area contributed by atoms with Crippen LogP contribution in [0.1, 0.15) is 60.2 Å². The Morgan fingerprint density at radius 1 is 1.23 bits per heavy atom. The second kappa shape index (κ2) is 9.06. The van der Waals surface area contributed by atoms with Crippen molar-refractivity contribution in [1.29, 1.82) is 0 Å². The van der Waals surface area contributed by atoms with Crippen molar-refractivity contribution in [2.45, 2.75) is 52.6 Å². The number of nitrogens with zero attached hydrogens (tertiary/aromatic N) is 3. The first-order chi connectivity index (χ1) is 14.2. The van der Waals surface area contributed by atoms with Gasteiger partial charge in [0.2, 0.25) is 5.91 Å². The van der Waals surface area contributed by atoms with Crippen LogP contribution in [0.2, 0.25) is 0 Å². The second-order valence-corrected chi connectivity index (χ2v) is 9.66. The molecule has 0 bridgehead atoms. The van der Waals surface area contributed by atoms with Gasteiger partial charge in [0.15, 0.2) is 11.7 Å². The SMILES string of the molecule is CCc1cccc(N(C(=O)c2csnn2)C(C(=O)NC(C)(C)C)c2sccc2C)c1. The van der Waals surface area contributed by atoms with E-state index in [1.54, 1.807) is 10.3 Å². The predicted octanol–water partition coefficient (Wildman–Crippen LogP) is 4.77. The van der Waals surface area contributed by atoms with Gasteiger partial charge in [0.25, 0.3) is 5.91 Å². The quantitative estimate of drug-likeness (QED) is 0.596. The summed E-state index contributed by atoms with van der Waals surface area (Å²) in [5.41, 5.74) is 2.50. The van der Waals surface area contributed by atoms with Crippen LogP contribution in [-0.2, 0) is 11.2 Å². The molecule has 0 spiro atoms. The summed E-state index contributed by atoms with van der Waals surface area (Å²) in [7, 11) is 0. The zero-order chi connectivity index (χ0) is 21.9. The number of thiophene rings is 1. The van der Waals surface area contributed by atoms with Crippen LogP contribution < -0.4 is 10.2 Å². The fourth-order valence-electron chi connectivity index (χ4n) is 3.15. The Labute approximate surface area is 185 Å². The molecule has 0 aliphatic carbocycles. The van der Waals surface area contributed by atoms with Gasteiger partial charge in [-0.25, -0.2) is 0 Å². The molecule has 1 unspecified atom stereocenters. The van der Waals surface area contributed by atoms with Gasteiger partial charge in [-0.15, -0.1) is 16.4 Å². The smallest absolute Gasteiger partial charge is 0.280 e. The minimum Gasteiger partial charge on any atom is -0.349 e. The molecule has 0 radical (unpaired) electrons. The molecule has 0 fully saturated rings. The van der Waals surface area contributed by atoms with Gasteiger partial charge in [0, 0.05) is 21.5 Å². The lowest BCUT2D eigenvalue weighted by Gasteiger charge is -2.33. The first-order valence-corrected chi connectivity index (χ1v) is 11.5. The van der Waals surface area contributed by atoms with Crippen molar-refractivity contribution in [2.75, 3.05) is 4.90 Å². The van der Waals surface area contributed by atoms with Crippen LogP contribution in [0.15, 0.2) is 41.1 Å². The lowest BCUT2D eigenvalue weighted by molar-refractivity contribution is -0.123. The third kappa shape index (κ3) is 4.94. The minimum atomic E-state index is -0.814. The molecule has 2 amide bonds. The highest BCUT2D eigenvalue weighted by Crippen LogP contribution is 2.35. The summed E-state index contributed by atoms with van der Waals surface area (Å²) in [4.78, 5) is 29.5. The van der Waals surface area contributed by atoms with Gasteiger partial charge in [-0.05, 0) is 80.4 Å². The van der Waals surface area contributed by atoms with Gasteiger partial charge >= 0.3 is 0 Å². The molecule has 6 nitrogen and oxygen atoms in total. The summed E-state index contributed by atoms with van der Waals surface area (Å²) in [6, 6.07) is 8.89. The molecule has 0 aliphatic rings. The molecule has 0 saturated heterocycles. The van der Waals surface area contributed by atoms with E-state index in [2.05, 4.69) is 21.8 Å². The lowest BCUT2D eigenvalue weighted by atomic mass is 10.0. The maximum atomic E-state index is 13.6. The normalized spacial score (nSPS) is 12.4. The Bertz CT molecular complexity index is 1020. The van der Waals surface area contributed by atoms with Crippen LogP contribution >= 0.6 is 22.9 Å². The standard InChI is InChI=1S/C22H26N4O2S2/c1-6-15-8-7-9-16(12-15)26(21(28)17-13-30-25-24-17)18(19-14(2)10-11-29-19)20(27)23-22(3,4)5/h7-13,18H,6H2,1-5H3,(H,23,27). The highest BCUT2D eigenvalue weighted by atomic mass is 32.1. The van der Waals surface area contributed by atoms with E-state index in [0.717, 1.165) is 34.0 Å². The van der Waals surface area contributed by atoms with Crippen molar-refractivity contribution in [3.63, 3.8) is 0 Å². The Hall–Kier alpha value is -2.58. The number of carbonyl (C=O) groups is 2. The Morgan fingerprint density at radius 2 is 2.00 bits per heavy atom. The molecule has 3 aromatic rings. The van der Waals surface area contributed by atoms with Crippen molar-refractivity contribution >= 4 is 40.4 Å². The molecule has 0 saturated carbocycles. The van der Waals surface area contributed by atoms with E-state index in [1.165, 1.54) is 11.3 Å². The highest BCUT2D eigenvalue weighted by molar-refractivity contribution is 7.10. The number of aryl methyl sites for hydroxylation is 2. The molecule has 2 aromatic heterocycles. The first kappa shape index (κ1) is 22.1. The summed E-state index contributed by atoms with van der Waals surface area (Å²) in [6.45, 7) is 9.80. The fourth-order valence-corrected chi connectivity index (χ4v) is 4.59. The molecule has 30 heavy (non-hydrogen) atoms. The maximum absolute atomic E-state index is 13.6. The van der Waals surface area contributed by atoms with Crippen LogP contribution in [0.25, 0.3) is 0 Å². The summed E-state index contributed by atoms with van der Waals surface area (Å²) >= 11 is 2.58. The zero-order valence-corrected chi connectivity index (χ0v) is 19.4. The van der Waals surface area contributed by atoms with Crippen molar-refractivity contribution in [3.05, 3.63) is 62.8 Å². The predicted molar refractivity (Wildman–Crippen MR) is 122 cm³/mol. The Balaban J connectivity index is 2.18. The van der Waals surface area contributed by atoms with E-state index in [0.29, 0.717) is 5.69 Å². The van der Waals surface area contributed by atoms with Gasteiger partial charge in [-0.3, -0.25) is 14.5 Å². The highest BCUT2D eigenvalue weighted by Gasteiger charge is 2.37. The Morgan fingerprint density at radius 3 is 2.57 bits per heavy atom. The first-order valence-electron chi connectivity index (χ1n) is 9.77. The molecule has 1 atom stereocenters. The topological polar surface area (TPSA) is 75.2 Å². The summed E-state index contributed by atoms with van der Waals surface area (Å²) in [5.74, 6) is -0.578. The number of anilines is 1. The molecular formula is C22H26N4O2S2. The number of hydrogen-bond acceptors (Lipinski definition) is 6. The number of benzene rings is 1. The van der Waals surface area contributed by atoms with E-state index in [1.807, 2.05) is 63.4 Å². The van der Waals surface area contributed by atoms with E-state index in [4.69, 9.17) is 0 Å². The number of aromatic nitrogens is 2. The second-order valence-electron chi connectivity index (χ2n) is 8.10. The van der Waals surface area contributed by atoms with E-state index in [9.17, 15) is 9.59 Å². The van der Waals surface area contributed by atoms with Crippen LogP contribution in [0.5, 0.6) is 0 Å². The average Bonchev–Trinajstić information content (AvgIpc) is 3.36.